The maximum atomic E-state index is 2.48. The second kappa shape index (κ2) is 10.5. The van der Waals surface area contributed by atoms with Crippen molar-refractivity contribution in [2.24, 2.45) is 41.4 Å². The molecule has 0 saturated heterocycles. The third kappa shape index (κ3) is 7.52. The summed E-state index contributed by atoms with van der Waals surface area (Å²) < 4.78 is 0. The lowest BCUT2D eigenvalue weighted by molar-refractivity contribution is 0.135. The Labute approximate surface area is 135 Å². The van der Waals surface area contributed by atoms with Crippen molar-refractivity contribution in [3.63, 3.8) is 0 Å². The Morgan fingerprint density at radius 2 is 1.14 bits per heavy atom. The summed E-state index contributed by atoms with van der Waals surface area (Å²) in [5, 5.41) is 0. The van der Waals surface area contributed by atoms with E-state index < -0.39 is 0 Å². The van der Waals surface area contributed by atoms with Gasteiger partial charge in [0.15, 0.2) is 0 Å². The zero-order chi connectivity index (χ0) is 16.6. The fourth-order valence-corrected chi connectivity index (χ4v) is 3.36. The standard InChI is InChI=1S/C21H42/c1-10-16(4)18(6)20(8)21(9)19(7)17(5)14-12-11-13-15(2)3/h11,13,15-21H,10,12,14H2,1-9H3. The van der Waals surface area contributed by atoms with Crippen molar-refractivity contribution in [1.82, 2.24) is 0 Å². The highest BCUT2D eigenvalue weighted by molar-refractivity contribution is 4.85. The van der Waals surface area contributed by atoms with E-state index in [4.69, 9.17) is 0 Å². The van der Waals surface area contributed by atoms with Gasteiger partial charge in [0.2, 0.25) is 0 Å². The molecular formula is C21H42. The normalized spacial score (nSPS) is 21.2. The first-order chi connectivity index (χ1) is 9.72. The van der Waals surface area contributed by atoms with Crippen molar-refractivity contribution in [3.05, 3.63) is 12.2 Å². The molecule has 21 heavy (non-hydrogen) atoms. The van der Waals surface area contributed by atoms with Gasteiger partial charge in [-0.25, -0.2) is 0 Å². The Bertz CT molecular complexity index is 276. The van der Waals surface area contributed by atoms with Crippen LogP contribution in [0.25, 0.3) is 0 Å². The van der Waals surface area contributed by atoms with Crippen LogP contribution in [0.3, 0.4) is 0 Å². The Hall–Kier alpha value is -0.260. The van der Waals surface area contributed by atoms with Gasteiger partial charge in [-0.1, -0.05) is 80.9 Å². The Morgan fingerprint density at radius 1 is 0.667 bits per heavy atom. The molecule has 6 unspecified atom stereocenters. The van der Waals surface area contributed by atoms with Gasteiger partial charge in [-0.15, -0.1) is 0 Å². The van der Waals surface area contributed by atoms with Gasteiger partial charge in [0.1, 0.15) is 0 Å². The van der Waals surface area contributed by atoms with E-state index in [1.807, 2.05) is 0 Å². The monoisotopic (exact) mass is 294 g/mol. The molecule has 0 aliphatic rings. The quantitative estimate of drug-likeness (QED) is 0.373. The number of rotatable bonds is 10. The van der Waals surface area contributed by atoms with Crippen LogP contribution in [0.4, 0.5) is 0 Å². The molecule has 6 atom stereocenters. The molecule has 0 rings (SSSR count). The van der Waals surface area contributed by atoms with E-state index >= 15 is 0 Å². The molecule has 0 bridgehead atoms. The Morgan fingerprint density at radius 3 is 1.57 bits per heavy atom. The van der Waals surface area contributed by atoms with Crippen LogP contribution < -0.4 is 0 Å². The summed E-state index contributed by atoms with van der Waals surface area (Å²) in [5.74, 6) is 5.65. The van der Waals surface area contributed by atoms with Gasteiger partial charge in [0, 0.05) is 0 Å². The summed E-state index contributed by atoms with van der Waals surface area (Å²) in [6.45, 7) is 21.6. The highest BCUT2D eigenvalue weighted by Crippen LogP contribution is 2.36. The van der Waals surface area contributed by atoms with Crippen LogP contribution in [-0.2, 0) is 0 Å². The summed E-state index contributed by atoms with van der Waals surface area (Å²) in [4.78, 5) is 0. The first kappa shape index (κ1) is 20.7. The van der Waals surface area contributed by atoms with Crippen LogP contribution in [-0.4, -0.2) is 0 Å². The smallest absolute Gasteiger partial charge is 0.0290 e. The van der Waals surface area contributed by atoms with E-state index in [0.717, 1.165) is 35.5 Å². The fourth-order valence-electron chi connectivity index (χ4n) is 3.36. The van der Waals surface area contributed by atoms with Crippen molar-refractivity contribution >= 4 is 0 Å². The van der Waals surface area contributed by atoms with Crippen LogP contribution >= 0.6 is 0 Å². The summed E-state index contributed by atoms with van der Waals surface area (Å²) >= 11 is 0. The summed E-state index contributed by atoms with van der Waals surface area (Å²) in [6, 6.07) is 0. The van der Waals surface area contributed by atoms with E-state index in [9.17, 15) is 0 Å². The fraction of sp³-hybridized carbons (Fsp3) is 0.905. The van der Waals surface area contributed by atoms with E-state index in [2.05, 4.69) is 74.5 Å². The van der Waals surface area contributed by atoms with E-state index in [-0.39, 0.29) is 0 Å². The minimum Gasteiger partial charge on any atom is -0.0883 e. The maximum Gasteiger partial charge on any atom is -0.0290 e. The van der Waals surface area contributed by atoms with Crippen LogP contribution in [0.2, 0.25) is 0 Å². The molecule has 0 spiro atoms. The van der Waals surface area contributed by atoms with Crippen molar-refractivity contribution < 1.29 is 0 Å². The zero-order valence-electron chi connectivity index (χ0n) is 16.3. The third-order valence-electron chi connectivity index (χ3n) is 6.24. The predicted octanol–water partition coefficient (Wildman–Crippen LogP) is 7.21. The van der Waals surface area contributed by atoms with Crippen molar-refractivity contribution in [2.75, 3.05) is 0 Å². The molecule has 0 saturated carbocycles. The average Bonchev–Trinajstić information content (AvgIpc) is 2.47. The molecule has 0 amide bonds. The van der Waals surface area contributed by atoms with Crippen LogP contribution in [0, 0.1) is 41.4 Å². The molecule has 0 aromatic carbocycles. The molecule has 0 aromatic rings. The molecule has 0 aromatic heterocycles. The van der Waals surface area contributed by atoms with Gasteiger partial charge >= 0.3 is 0 Å². The first-order valence-electron chi connectivity index (χ1n) is 9.38. The number of hydrogen-bond acceptors (Lipinski definition) is 0. The van der Waals surface area contributed by atoms with Crippen molar-refractivity contribution in [2.45, 2.75) is 81.6 Å². The van der Waals surface area contributed by atoms with Crippen molar-refractivity contribution in [1.29, 1.82) is 0 Å². The predicted molar refractivity (Wildman–Crippen MR) is 98.5 cm³/mol. The zero-order valence-corrected chi connectivity index (χ0v) is 16.3. The highest BCUT2D eigenvalue weighted by Gasteiger charge is 2.28. The molecule has 126 valence electrons. The number of allylic oxidation sites excluding steroid dienone is 2. The van der Waals surface area contributed by atoms with Crippen LogP contribution in [0.15, 0.2) is 12.2 Å². The highest BCUT2D eigenvalue weighted by atomic mass is 14.3. The molecule has 0 N–H and O–H groups in total. The second-order valence-electron chi connectivity index (χ2n) is 8.05. The molecule has 0 heteroatoms. The van der Waals surface area contributed by atoms with Gasteiger partial charge in [-0.2, -0.15) is 0 Å². The Balaban J connectivity index is 4.37. The van der Waals surface area contributed by atoms with Crippen LogP contribution in [0.1, 0.15) is 81.6 Å². The molecule has 0 nitrogen and oxygen atoms in total. The van der Waals surface area contributed by atoms with Gasteiger partial charge in [0.25, 0.3) is 0 Å². The molecule has 0 fully saturated rings. The van der Waals surface area contributed by atoms with Gasteiger partial charge in [-0.05, 0) is 54.3 Å². The Kier molecular flexibility index (Phi) is 10.3. The molecule has 0 heterocycles. The van der Waals surface area contributed by atoms with Gasteiger partial charge in [-0.3, -0.25) is 0 Å². The average molecular weight is 295 g/mol. The van der Waals surface area contributed by atoms with Gasteiger partial charge in [0.05, 0.1) is 0 Å². The largest absolute Gasteiger partial charge is 0.0883 e. The molecule has 0 aliphatic heterocycles. The summed E-state index contributed by atoms with van der Waals surface area (Å²) in [5.41, 5.74) is 0. The number of hydrogen-bond donors (Lipinski definition) is 0. The molecular weight excluding hydrogens is 252 g/mol. The molecule has 0 radical (unpaired) electrons. The minimum atomic E-state index is 0.688. The van der Waals surface area contributed by atoms with E-state index in [1.54, 1.807) is 0 Å². The lowest BCUT2D eigenvalue weighted by atomic mass is 9.70. The topological polar surface area (TPSA) is 0 Å². The van der Waals surface area contributed by atoms with Gasteiger partial charge < -0.3 is 0 Å². The van der Waals surface area contributed by atoms with E-state index in [0.29, 0.717) is 5.92 Å². The third-order valence-corrected chi connectivity index (χ3v) is 6.24. The first-order valence-corrected chi connectivity index (χ1v) is 9.38. The SMILES string of the molecule is CCC(C)C(C)C(C)C(C)C(C)C(C)CCC=CC(C)C. The van der Waals surface area contributed by atoms with Crippen molar-refractivity contribution in [3.8, 4) is 0 Å². The van der Waals surface area contributed by atoms with Crippen LogP contribution in [0.5, 0.6) is 0 Å². The second-order valence-corrected chi connectivity index (χ2v) is 8.05. The lowest BCUT2D eigenvalue weighted by Crippen LogP contribution is -2.28. The summed E-state index contributed by atoms with van der Waals surface area (Å²) in [6.07, 6.45) is 8.60. The minimum absolute atomic E-state index is 0.688. The lowest BCUT2D eigenvalue weighted by Gasteiger charge is -2.36. The summed E-state index contributed by atoms with van der Waals surface area (Å²) in [7, 11) is 0. The molecule has 0 aliphatic carbocycles. The maximum absolute atomic E-state index is 2.48. The van der Waals surface area contributed by atoms with E-state index in [1.165, 1.54) is 19.3 Å².